The molecule has 1 unspecified atom stereocenters. The molecular formula is C16H12BrClF2N2O4. The standard InChI is InChI=1S/C16H12BrClF2N2O4/c17-9-4-5-13(22(24)25)12(8-9)21-11(6-7-23)15-10(18)2-1-3-14(15)26-16(19)20/h1-5,7-8,11,16,21H,6H2. The van der Waals surface area contributed by atoms with Crippen LogP contribution in [0.4, 0.5) is 20.2 Å². The summed E-state index contributed by atoms with van der Waals surface area (Å²) < 4.78 is 30.4. The van der Waals surface area contributed by atoms with Crippen molar-refractivity contribution in [3.05, 3.63) is 61.6 Å². The smallest absolute Gasteiger partial charge is 0.387 e. The third-order valence-electron chi connectivity index (χ3n) is 3.39. The summed E-state index contributed by atoms with van der Waals surface area (Å²) in [6.45, 7) is -3.09. The molecule has 26 heavy (non-hydrogen) atoms. The molecule has 138 valence electrons. The first-order chi connectivity index (χ1) is 12.3. The van der Waals surface area contributed by atoms with Crippen molar-refractivity contribution in [2.75, 3.05) is 5.32 Å². The van der Waals surface area contributed by atoms with Crippen LogP contribution in [-0.2, 0) is 4.79 Å². The Balaban J connectivity index is 2.50. The normalized spacial score (nSPS) is 11.9. The number of nitro groups is 1. The van der Waals surface area contributed by atoms with Crippen molar-refractivity contribution in [3.8, 4) is 5.75 Å². The van der Waals surface area contributed by atoms with Crippen molar-refractivity contribution < 1.29 is 23.2 Å². The van der Waals surface area contributed by atoms with Gasteiger partial charge in [-0.15, -0.1) is 0 Å². The lowest BCUT2D eigenvalue weighted by Gasteiger charge is -2.22. The van der Waals surface area contributed by atoms with E-state index in [0.717, 1.165) is 0 Å². The Hall–Kier alpha value is -2.26. The summed E-state index contributed by atoms with van der Waals surface area (Å²) >= 11 is 9.33. The molecule has 2 rings (SSSR count). The summed E-state index contributed by atoms with van der Waals surface area (Å²) in [5.41, 5.74) is -0.0394. The molecule has 6 nitrogen and oxygen atoms in total. The number of alkyl halides is 2. The molecule has 0 saturated heterocycles. The topological polar surface area (TPSA) is 81.5 Å². The maximum Gasteiger partial charge on any atom is 0.387 e. The van der Waals surface area contributed by atoms with E-state index in [2.05, 4.69) is 26.0 Å². The molecular weight excluding hydrogens is 438 g/mol. The number of ether oxygens (including phenoxy) is 1. The molecule has 2 aromatic carbocycles. The first-order valence-corrected chi connectivity index (χ1v) is 8.38. The number of carbonyl (C=O) groups is 1. The van der Waals surface area contributed by atoms with E-state index in [9.17, 15) is 23.7 Å². The van der Waals surface area contributed by atoms with Gasteiger partial charge in [-0.05, 0) is 24.3 Å². The van der Waals surface area contributed by atoms with Gasteiger partial charge in [-0.25, -0.2) is 0 Å². The van der Waals surface area contributed by atoms with Crippen molar-refractivity contribution in [2.24, 2.45) is 0 Å². The van der Waals surface area contributed by atoms with E-state index in [1.165, 1.54) is 36.4 Å². The first-order valence-electron chi connectivity index (χ1n) is 7.20. The van der Waals surface area contributed by atoms with Crippen LogP contribution in [0.25, 0.3) is 0 Å². The number of aldehydes is 1. The number of hydrogen-bond acceptors (Lipinski definition) is 5. The molecule has 0 saturated carbocycles. The second-order valence-electron chi connectivity index (χ2n) is 5.05. The van der Waals surface area contributed by atoms with E-state index in [-0.39, 0.29) is 34.1 Å². The molecule has 0 aliphatic rings. The van der Waals surface area contributed by atoms with Crippen LogP contribution in [-0.4, -0.2) is 17.8 Å². The van der Waals surface area contributed by atoms with E-state index in [0.29, 0.717) is 10.8 Å². The number of halogens is 4. The molecule has 0 fully saturated rings. The quantitative estimate of drug-likeness (QED) is 0.333. The van der Waals surface area contributed by atoms with Gasteiger partial charge in [0.1, 0.15) is 17.7 Å². The Morgan fingerprint density at radius 3 is 2.69 bits per heavy atom. The molecule has 0 spiro atoms. The Morgan fingerprint density at radius 2 is 2.08 bits per heavy atom. The minimum atomic E-state index is -3.09. The number of nitrogens with one attached hydrogen (secondary N) is 1. The van der Waals surface area contributed by atoms with Gasteiger partial charge in [0.05, 0.1) is 11.0 Å². The van der Waals surface area contributed by atoms with Crippen LogP contribution in [0.1, 0.15) is 18.0 Å². The molecule has 0 aromatic heterocycles. The fourth-order valence-corrected chi connectivity index (χ4v) is 3.03. The fraction of sp³-hybridized carbons (Fsp3) is 0.188. The van der Waals surface area contributed by atoms with E-state index in [4.69, 9.17) is 11.6 Å². The van der Waals surface area contributed by atoms with E-state index in [1.54, 1.807) is 0 Å². The van der Waals surface area contributed by atoms with Gasteiger partial charge in [0.15, 0.2) is 0 Å². The van der Waals surface area contributed by atoms with Crippen LogP contribution in [0.5, 0.6) is 5.75 Å². The third-order valence-corrected chi connectivity index (χ3v) is 4.22. The maximum absolute atomic E-state index is 12.7. The van der Waals surface area contributed by atoms with Gasteiger partial charge in [-0.2, -0.15) is 8.78 Å². The number of hydrogen-bond donors (Lipinski definition) is 1. The minimum absolute atomic E-state index is 0.0835. The van der Waals surface area contributed by atoms with Gasteiger partial charge in [-0.3, -0.25) is 10.1 Å². The number of benzene rings is 2. The molecule has 2 aromatic rings. The van der Waals surface area contributed by atoms with Crippen molar-refractivity contribution in [1.82, 2.24) is 0 Å². The summed E-state index contributed by atoms with van der Waals surface area (Å²) in [4.78, 5) is 21.7. The van der Waals surface area contributed by atoms with E-state index in [1.807, 2.05) is 0 Å². The highest BCUT2D eigenvalue weighted by Crippen LogP contribution is 2.38. The molecule has 0 radical (unpaired) electrons. The van der Waals surface area contributed by atoms with E-state index >= 15 is 0 Å². The zero-order valence-electron chi connectivity index (χ0n) is 13.0. The third kappa shape index (κ3) is 4.89. The van der Waals surface area contributed by atoms with Crippen LogP contribution in [0.15, 0.2) is 40.9 Å². The summed E-state index contributed by atoms with van der Waals surface area (Å²) in [5.74, 6) is -0.218. The Morgan fingerprint density at radius 1 is 1.35 bits per heavy atom. The second-order valence-corrected chi connectivity index (χ2v) is 6.37. The summed E-state index contributed by atoms with van der Waals surface area (Å²) in [6, 6.07) is 7.44. The summed E-state index contributed by atoms with van der Waals surface area (Å²) in [5, 5.41) is 14.1. The first kappa shape index (κ1) is 20.1. The number of nitrogens with zero attached hydrogens (tertiary/aromatic N) is 1. The fourth-order valence-electron chi connectivity index (χ4n) is 2.37. The van der Waals surface area contributed by atoms with Crippen molar-refractivity contribution in [1.29, 1.82) is 0 Å². The maximum atomic E-state index is 12.7. The number of nitro benzene ring substituents is 1. The largest absolute Gasteiger partial charge is 0.434 e. The molecule has 1 atom stereocenters. The molecule has 1 N–H and O–H groups in total. The summed E-state index contributed by atoms with van der Waals surface area (Å²) in [7, 11) is 0. The molecule has 0 aliphatic heterocycles. The molecule has 0 aliphatic carbocycles. The lowest BCUT2D eigenvalue weighted by atomic mass is 10.0. The van der Waals surface area contributed by atoms with Crippen LogP contribution in [0.2, 0.25) is 5.02 Å². The van der Waals surface area contributed by atoms with Gasteiger partial charge < -0.3 is 14.8 Å². The highest BCUT2D eigenvalue weighted by Gasteiger charge is 2.24. The van der Waals surface area contributed by atoms with Gasteiger partial charge in [0.2, 0.25) is 0 Å². The average molecular weight is 450 g/mol. The Kier molecular flexibility index (Phi) is 6.87. The van der Waals surface area contributed by atoms with E-state index < -0.39 is 17.6 Å². The van der Waals surface area contributed by atoms with Gasteiger partial charge in [-0.1, -0.05) is 33.6 Å². The number of carbonyl (C=O) groups excluding carboxylic acids is 1. The summed E-state index contributed by atoms with van der Waals surface area (Å²) in [6.07, 6.45) is 0.379. The number of rotatable bonds is 8. The van der Waals surface area contributed by atoms with Gasteiger partial charge >= 0.3 is 6.61 Å². The zero-order chi connectivity index (χ0) is 19.3. The minimum Gasteiger partial charge on any atom is -0.434 e. The average Bonchev–Trinajstić information content (AvgIpc) is 2.54. The van der Waals surface area contributed by atoms with Crippen molar-refractivity contribution in [3.63, 3.8) is 0 Å². The van der Waals surface area contributed by atoms with Crippen LogP contribution in [0, 0.1) is 10.1 Å². The van der Waals surface area contributed by atoms with Crippen LogP contribution in [0.3, 0.4) is 0 Å². The second kappa shape index (κ2) is 8.91. The Bertz CT molecular complexity index is 823. The molecule has 0 bridgehead atoms. The molecule has 0 heterocycles. The van der Waals surface area contributed by atoms with Crippen LogP contribution < -0.4 is 10.1 Å². The zero-order valence-corrected chi connectivity index (χ0v) is 15.3. The predicted octanol–water partition coefficient (Wildman–Crippen LogP) is 5.35. The van der Waals surface area contributed by atoms with Crippen molar-refractivity contribution >= 4 is 45.2 Å². The Labute approximate surface area is 160 Å². The van der Waals surface area contributed by atoms with Gasteiger partial charge in [0, 0.05) is 27.5 Å². The lowest BCUT2D eigenvalue weighted by molar-refractivity contribution is -0.384. The lowest BCUT2D eigenvalue weighted by Crippen LogP contribution is -2.16. The van der Waals surface area contributed by atoms with Gasteiger partial charge in [0.25, 0.3) is 5.69 Å². The predicted molar refractivity (Wildman–Crippen MR) is 95.9 cm³/mol. The number of anilines is 1. The SMILES string of the molecule is O=CCC(Nc1cc(Br)ccc1[N+](=O)[O-])c1c(Cl)cccc1OC(F)F. The molecule has 0 amide bonds. The monoisotopic (exact) mass is 448 g/mol. The molecule has 10 heteroatoms. The highest BCUT2D eigenvalue weighted by atomic mass is 79.9. The van der Waals surface area contributed by atoms with Crippen LogP contribution >= 0.6 is 27.5 Å². The highest BCUT2D eigenvalue weighted by molar-refractivity contribution is 9.10. The van der Waals surface area contributed by atoms with Crippen molar-refractivity contribution in [2.45, 2.75) is 19.1 Å².